The van der Waals surface area contributed by atoms with Gasteiger partial charge in [0, 0.05) is 38.1 Å². The van der Waals surface area contributed by atoms with Crippen LogP contribution in [0.3, 0.4) is 0 Å². The molecular formula is C13H22N2O2. The van der Waals surface area contributed by atoms with E-state index < -0.39 is 0 Å². The molecule has 3 saturated heterocycles. The van der Waals surface area contributed by atoms with E-state index in [4.69, 9.17) is 4.74 Å². The third-order valence-corrected chi connectivity index (χ3v) is 4.52. The molecule has 1 N–H and O–H groups in total. The zero-order chi connectivity index (χ0) is 11.8. The van der Waals surface area contributed by atoms with Gasteiger partial charge in [-0.3, -0.25) is 4.79 Å². The van der Waals surface area contributed by atoms with Crippen LogP contribution in [0.1, 0.15) is 19.8 Å². The normalized spacial score (nSPS) is 40.2. The molecule has 4 heteroatoms. The lowest BCUT2D eigenvalue weighted by Crippen LogP contribution is -2.61. The van der Waals surface area contributed by atoms with E-state index in [1.54, 1.807) is 0 Å². The molecular weight excluding hydrogens is 216 g/mol. The van der Waals surface area contributed by atoms with E-state index in [2.05, 4.69) is 17.1 Å². The summed E-state index contributed by atoms with van der Waals surface area (Å²) >= 11 is 0. The molecule has 3 heterocycles. The molecule has 4 rings (SSSR count). The van der Waals surface area contributed by atoms with Crippen molar-refractivity contribution in [2.24, 2.45) is 17.8 Å². The van der Waals surface area contributed by atoms with Gasteiger partial charge in [-0.05, 0) is 26.3 Å². The first kappa shape index (κ1) is 11.5. The highest BCUT2D eigenvalue weighted by atomic mass is 16.5. The van der Waals surface area contributed by atoms with Crippen molar-refractivity contribution in [2.45, 2.75) is 25.9 Å². The summed E-state index contributed by atoms with van der Waals surface area (Å²) in [5.41, 5.74) is 0. The first-order valence-electron chi connectivity index (χ1n) is 6.90. The first-order chi connectivity index (χ1) is 8.29. The number of amides is 1. The molecule has 1 aliphatic carbocycles. The Kier molecular flexibility index (Phi) is 3.09. The van der Waals surface area contributed by atoms with Crippen LogP contribution in [0.15, 0.2) is 0 Å². The average Bonchev–Trinajstić information content (AvgIpc) is 2.89. The maximum absolute atomic E-state index is 12.3. The van der Waals surface area contributed by atoms with Gasteiger partial charge >= 0.3 is 0 Å². The lowest BCUT2D eigenvalue weighted by atomic mass is 9.68. The van der Waals surface area contributed by atoms with E-state index in [1.807, 2.05) is 0 Å². The summed E-state index contributed by atoms with van der Waals surface area (Å²) in [5, 5.41) is 3.27. The van der Waals surface area contributed by atoms with Crippen LogP contribution in [0.25, 0.3) is 0 Å². The van der Waals surface area contributed by atoms with Gasteiger partial charge in [-0.2, -0.15) is 0 Å². The largest absolute Gasteiger partial charge is 0.378 e. The number of carbonyl (C=O) groups is 1. The van der Waals surface area contributed by atoms with E-state index in [0.29, 0.717) is 23.8 Å². The van der Waals surface area contributed by atoms with Gasteiger partial charge in [0.15, 0.2) is 0 Å². The minimum atomic E-state index is 0.234. The lowest BCUT2D eigenvalue weighted by Gasteiger charge is -2.53. The fourth-order valence-corrected chi connectivity index (χ4v) is 3.61. The van der Waals surface area contributed by atoms with Gasteiger partial charge in [0.25, 0.3) is 0 Å². The maximum atomic E-state index is 12.3. The van der Waals surface area contributed by atoms with Crippen molar-refractivity contribution in [1.82, 2.24) is 10.2 Å². The second kappa shape index (κ2) is 4.58. The van der Waals surface area contributed by atoms with Crippen LogP contribution < -0.4 is 5.32 Å². The Balaban J connectivity index is 1.56. The number of hydrogen-bond acceptors (Lipinski definition) is 3. The summed E-state index contributed by atoms with van der Waals surface area (Å²) in [7, 11) is 0. The molecule has 4 fully saturated rings. The molecule has 2 bridgehead atoms. The second-order valence-electron chi connectivity index (χ2n) is 5.61. The van der Waals surface area contributed by atoms with Gasteiger partial charge < -0.3 is 15.0 Å². The Morgan fingerprint density at radius 2 is 2.18 bits per heavy atom. The fourth-order valence-electron chi connectivity index (χ4n) is 3.61. The van der Waals surface area contributed by atoms with E-state index in [0.717, 1.165) is 39.2 Å². The van der Waals surface area contributed by atoms with Crippen molar-refractivity contribution < 1.29 is 9.53 Å². The molecule has 0 radical (unpaired) electrons. The summed E-state index contributed by atoms with van der Waals surface area (Å²) in [6.45, 7) is 6.59. The molecule has 17 heavy (non-hydrogen) atoms. The van der Waals surface area contributed by atoms with Gasteiger partial charge in [0.05, 0.1) is 12.0 Å². The number of rotatable bonds is 3. The molecule has 0 spiro atoms. The SMILES string of the molecule is CCOC1C2CC1CN(C(=O)C1CCNC1)C2. The number of carbonyl (C=O) groups excluding carboxylic acids is 1. The predicted octanol–water partition coefficient (Wildman–Crippen LogP) is 0.479. The third kappa shape index (κ3) is 1.97. The summed E-state index contributed by atoms with van der Waals surface area (Å²) in [4.78, 5) is 14.4. The zero-order valence-electron chi connectivity index (χ0n) is 10.5. The average molecular weight is 238 g/mol. The van der Waals surface area contributed by atoms with Gasteiger partial charge in [-0.15, -0.1) is 0 Å². The van der Waals surface area contributed by atoms with Crippen molar-refractivity contribution in [3.63, 3.8) is 0 Å². The standard InChI is InChI=1S/C13H22N2O2/c1-2-17-12-10-5-11(12)8-15(7-10)13(16)9-3-4-14-6-9/h9-12,14H,2-8H2,1H3. The number of nitrogens with one attached hydrogen (secondary N) is 1. The molecule has 0 aromatic rings. The Morgan fingerprint density at radius 3 is 2.76 bits per heavy atom. The van der Waals surface area contributed by atoms with Crippen molar-refractivity contribution in [1.29, 1.82) is 0 Å². The number of piperidine rings is 2. The van der Waals surface area contributed by atoms with Crippen LogP contribution in [0.4, 0.5) is 0 Å². The Labute approximate surface area is 103 Å². The topological polar surface area (TPSA) is 41.6 Å². The fraction of sp³-hybridized carbons (Fsp3) is 0.923. The van der Waals surface area contributed by atoms with Crippen molar-refractivity contribution in [3.05, 3.63) is 0 Å². The molecule has 0 aromatic carbocycles. The minimum Gasteiger partial charge on any atom is -0.378 e. The molecule has 3 unspecified atom stereocenters. The molecule has 1 saturated carbocycles. The number of ether oxygens (including phenoxy) is 1. The van der Waals surface area contributed by atoms with Crippen molar-refractivity contribution in [3.8, 4) is 0 Å². The highest BCUT2D eigenvalue weighted by Crippen LogP contribution is 2.42. The van der Waals surface area contributed by atoms with Crippen LogP contribution in [0.5, 0.6) is 0 Å². The van der Waals surface area contributed by atoms with Crippen LogP contribution >= 0.6 is 0 Å². The monoisotopic (exact) mass is 238 g/mol. The van der Waals surface area contributed by atoms with E-state index in [-0.39, 0.29) is 5.92 Å². The molecule has 4 aliphatic rings. The summed E-state index contributed by atoms with van der Waals surface area (Å²) in [5.74, 6) is 1.82. The molecule has 3 aliphatic heterocycles. The maximum Gasteiger partial charge on any atom is 0.227 e. The van der Waals surface area contributed by atoms with Crippen LogP contribution in [-0.4, -0.2) is 49.7 Å². The quantitative estimate of drug-likeness (QED) is 0.777. The van der Waals surface area contributed by atoms with Gasteiger partial charge in [0.1, 0.15) is 0 Å². The van der Waals surface area contributed by atoms with Crippen LogP contribution in [0.2, 0.25) is 0 Å². The summed E-state index contributed by atoms with van der Waals surface area (Å²) < 4.78 is 5.75. The second-order valence-corrected chi connectivity index (χ2v) is 5.61. The molecule has 3 atom stereocenters. The highest BCUT2D eigenvalue weighted by molar-refractivity contribution is 5.79. The van der Waals surface area contributed by atoms with Gasteiger partial charge in [-0.25, -0.2) is 0 Å². The Bertz CT molecular complexity index is 290. The van der Waals surface area contributed by atoms with Crippen LogP contribution in [0, 0.1) is 17.8 Å². The summed E-state index contributed by atoms with van der Waals surface area (Å²) in [6, 6.07) is 0. The van der Waals surface area contributed by atoms with E-state index in [9.17, 15) is 4.79 Å². The first-order valence-corrected chi connectivity index (χ1v) is 6.90. The summed E-state index contributed by atoms with van der Waals surface area (Å²) in [6.07, 6.45) is 2.71. The lowest BCUT2D eigenvalue weighted by molar-refractivity contribution is -0.163. The number of hydrogen-bond donors (Lipinski definition) is 1. The van der Waals surface area contributed by atoms with Gasteiger partial charge in [-0.1, -0.05) is 0 Å². The van der Waals surface area contributed by atoms with Crippen LogP contribution in [-0.2, 0) is 9.53 Å². The Hall–Kier alpha value is -0.610. The smallest absolute Gasteiger partial charge is 0.227 e. The number of fused-ring (bicyclic) bond motifs is 2. The van der Waals surface area contributed by atoms with E-state index in [1.165, 1.54) is 6.42 Å². The van der Waals surface area contributed by atoms with E-state index >= 15 is 0 Å². The minimum absolute atomic E-state index is 0.234. The molecule has 1 amide bonds. The molecule has 96 valence electrons. The predicted molar refractivity (Wildman–Crippen MR) is 64.6 cm³/mol. The Morgan fingerprint density at radius 1 is 1.41 bits per heavy atom. The number of nitrogens with zero attached hydrogens (tertiary/aromatic N) is 1. The third-order valence-electron chi connectivity index (χ3n) is 4.52. The van der Waals surface area contributed by atoms with Crippen molar-refractivity contribution in [2.75, 3.05) is 32.8 Å². The van der Waals surface area contributed by atoms with Gasteiger partial charge in [0.2, 0.25) is 5.91 Å². The molecule has 0 aromatic heterocycles. The van der Waals surface area contributed by atoms with Crippen molar-refractivity contribution >= 4 is 5.91 Å². The zero-order valence-corrected chi connectivity index (χ0v) is 10.5. The highest BCUT2D eigenvalue weighted by Gasteiger charge is 2.49. The molecule has 4 nitrogen and oxygen atoms in total.